The van der Waals surface area contributed by atoms with Crippen LogP contribution in [0.3, 0.4) is 0 Å². The highest BCUT2D eigenvalue weighted by molar-refractivity contribution is 6.30. The number of para-hydroxylation sites is 1. The lowest BCUT2D eigenvalue weighted by molar-refractivity contribution is 0.145. The van der Waals surface area contributed by atoms with E-state index in [1.54, 1.807) is 17.2 Å². The normalized spacial score (nSPS) is 22.8. The lowest BCUT2D eigenvalue weighted by Crippen LogP contribution is -2.35. The summed E-state index contributed by atoms with van der Waals surface area (Å²) >= 11 is 5.92. The Labute approximate surface area is 156 Å². The van der Waals surface area contributed by atoms with Gasteiger partial charge >= 0.3 is 0 Å². The number of hydrogen-bond donors (Lipinski definition) is 2. The summed E-state index contributed by atoms with van der Waals surface area (Å²) < 4.78 is 3.61. The van der Waals surface area contributed by atoms with Gasteiger partial charge in [0.1, 0.15) is 12.7 Å². The van der Waals surface area contributed by atoms with Crippen molar-refractivity contribution in [1.29, 1.82) is 0 Å². The van der Waals surface area contributed by atoms with Crippen LogP contribution in [0.15, 0.2) is 49.3 Å². The molecule has 3 atom stereocenters. The van der Waals surface area contributed by atoms with E-state index in [0.29, 0.717) is 17.5 Å². The molecule has 7 nitrogen and oxygen atoms in total. The predicted octanol–water partition coefficient (Wildman–Crippen LogP) is 2.05. The standard InChI is InChI=1S/C18H21ClN6O/c19-15-8-22-24(10-15)9-13-5-16(18(26)6-13)21-7-14-3-1-2-4-17(14)25-12-20-11-23-25/h1-4,8,10-13,16,18,21,26H,5-7,9H2/t13?,16-,18-/m1/s1. The summed E-state index contributed by atoms with van der Waals surface area (Å²) in [5.41, 5.74) is 2.11. The number of hydrogen-bond acceptors (Lipinski definition) is 5. The van der Waals surface area contributed by atoms with Gasteiger partial charge in [0.25, 0.3) is 0 Å². The Morgan fingerprint density at radius 1 is 1.23 bits per heavy atom. The first-order valence-electron chi connectivity index (χ1n) is 8.71. The van der Waals surface area contributed by atoms with E-state index in [1.165, 1.54) is 6.33 Å². The zero-order valence-electron chi connectivity index (χ0n) is 14.2. The third kappa shape index (κ3) is 3.80. The second kappa shape index (κ2) is 7.57. The quantitative estimate of drug-likeness (QED) is 0.692. The molecule has 1 fully saturated rings. The Bertz CT molecular complexity index is 849. The highest BCUT2D eigenvalue weighted by Gasteiger charge is 2.33. The Hall–Kier alpha value is -2.22. The maximum Gasteiger partial charge on any atom is 0.138 e. The van der Waals surface area contributed by atoms with Crippen LogP contribution in [0, 0.1) is 5.92 Å². The predicted molar refractivity (Wildman–Crippen MR) is 98.0 cm³/mol. The summed E-state index contributed by atoms with van der Waals surface area (Å²) in [6.07, 6.45) is 7.99. The van der Waals surface area contributed by atoms with Crippen molar-refractivity contribution in [3.05, 3.63) is 59.9 Å². The van der Waals surface area contributed by atoms with Crippen molar-refractivity contribution >= 4 is 11.6 Å². The van der Waals surface area contributed by atoms with Crippen LogP contribution >= 0.6 is 11.6 Å². The summed E-state index contributed by atoms with van der Waals surface area (Å²) in [5, 5.41) is 23.0. The first-order chi connectivity index (χ1) is 12.7. The number of aliphatic hydroxyl groups is 1. The second-order valence-electron chi connectivity index (χ2n) is 6.74. The largest absolute Gasteiger partial charge is 0.391 e. The zero-order valence-corrected chi connectivity index (χ0v) is 15.0. The van der Waals surface area contributed by atoms with Gasteiger partial charge in [0, 0.05) is 25.3 Å². The molecule has 0 radical (unpaired) electrons. The molecule has 8 heteroatoms. The lowest BCUT2D eigenvalue weighted by Gasteiger charge is -2.18. The van der Waals surface area contributed by atoms with E-state index in [9.17, 15) is 5.11 Å². The van der Waals surface area contributed by atoms with Crippen LogP contribution in [0.2, 0.25) is 5.02 Å². The summed E-state index contributed by atoms with van der Waals surface area (Å²) in [5.74, 6) is 0.379. The number of benzene rings is 1. The summed E-state index contributed by atoms with van der Waals surface area (Å²) in [6.45, 7) is 1.44. The van der Waals surface area contributed by atoms with E-state index < -0.39 is 0 Å². The van der Waals surface area contributed by atoms with Crippen molar-refractivity contribution < 1.29 is 5.11 Å². The zero-order chi connectivity index (χ0) is 17.9. The van der Waals surface area contributed by atoms with Crippen LogP contribution in [0.4, 0.5) is 0 Å². The highest BCUT2D eigenvalue weighted by atomic mass is 35.5. The van der Waals surface area contributed by atoms with E-state index in [4.69, 9.17) is 11.6 Å². The maximum atomic E-state index is 10.4. The van der Waals surface area contributed by atoms with Crippen LogP contribution in [-0.2, 0) is 13.1 Å². The number of nitrogens with one attached hydrogen (secondary N) is 1. The molecule has 1 aromatic carbocycles. The molecule has 136 valence electrons. The van der Waals surface area contributed by atoms with E-state index in [1.807, 2.05) is 29.1 Å². The number of rotatable bonds is 6. The van der Waals surface area contributed by atoms with Gasteiger partial charge in [-0.1, -0.05) is 29.8 Å². The van der Waals surface area contributed by atoms with Crippen LogP contribution in [0.1, 0.15) is 18.4 Å². The second-order valence-corrected chi connectivity index (χ2v) is 7.18. The van der Waals surface area contributed by atoms with Gasteiger partial charge in [0.05, 0.1) is 23.0 Å². The molecule has 4 rings (SSSR count). The molecule has 2 N–H and O–H groups in total. The first kappa shape index (κ1) is 17.2. The van der Waals surface area contributed by atoms with Gasteiger partial charge in [-0.3, -0.25) is 4.68 Å². The summed E-state index contributed by atoms with van der Waals surface area (Å²) in [6, 6.07) is 8.13. The molecule has 2 heterocycles. The fourth-order valence-corrected chi connectivity index (χ4v) is 3.80. The Balaban J connectivity index is 1.38. The molecule has 1 unspecified atom stereocenters. The average Bonchev–Trinajstić information content (AvgIpc) is 3.36. The molecular formula is C18H21ClN6O. The van der Waals surface area contributed by atoms with Crippen LogP contribution in [0.25, 0.3) is 5.69 Å². The molecule has 26 heavy (non-hydrogen) atoms. The molecular weight excluding hydrogens is 352 g/mol. The van der Waals surface area contributed by atoms with Crippen LogP contribution < -0.4 is 5.32 Å². The first-order valence-corrected chi connectivity index (χ1v) is 9.09. The molecule has 3 aromatic rings. The van der Waals surface area contributed by atoms with Crippen molar-refractivity contribution in [3.63, 3.8) is 0 Å². The van der Waals surface area contributed by atoms with Crippen molar-refractivity contribution in [3.8, 4) is 5.69 Å². The number of nitrogens with zero attached hydrogens (tertiary/aromatic N) is 5. The molecule has 0 saturated heterocycles. The van der Waals surface area contributed by atoms with E-state index in [2.05, 4.69) is 26.6 Å². The van der Waals surface area contributed by atoms with Gasteiger partial charge in [-0.2, -0.15) is 10.2 Å². The third-order valence-corrected chi connectivity index (χ3v) is 5.08. The molecule has 1 aliphatic rings. The maximum absolute atomic E-state index is 10.4. The van der Waals surface area contributed by atoms with Crippen molar-refractivity contribution in [2.45, 2.75) is 38.1 Å². The van der Waals surface area contributed by atoms with E-state index in [-0.39, 0.29) is 12.1 Å². The topological polar surface area (TPSA) is 80.8 Å². The number of halogens is 1. The van der Waals surface area contributed by atoms with Gasteiger partial charge < -0.3 is 10.4 Å². The Morgan fingerprint density at radius 2 is 2.12 bits per heavy atom. The van der Waals surface area contributed by atoms with Crippen molar-refractivity contribution in [1.82, 2.24) is 29.9 Å². The van der Waals surface area contributed by atoms with Gasteiger partial charge in [-0.15, -0.1) is 0 Å². The van der Waals surface area contributed by atoms with Gasteiger partial charge in [0.2, 0.25) is 0 Å². The molecule has 0 aliphatic heterocycles. The lowest BCUT2D eigenvalue weighted by atomic mass is 10.1. The monoisotopic (exact) mass is 372 g/mol. The number of aromatic nitrogens is 5. The van der Waals surface area contributed by atoms with Crippen molar-refractivity contribution in [2.24, 2.45) is 5.92 Å². The SMILES string of the molecule is O[C@@H]1CC(Cn2cc(Cl)cn2)C[C@H]1NCc1ccccc1-n1cncn1. The minimum absolute atomic E-state index is 0.0647. The molecule has 1 aliphatic carbocycles. The van der Waals surface area contributed by atoms with E-state index >= 15 is 0 Å². The Kier molecular flexibility index (Phi) is 5.01. The Morgan fingerprint density at radius 3 is 2.88 bits per heavy atom. The summed E-state index contributed by atoms with van der Waals surface area (Å²) in [7, 11) is 0. The number of aliphatic hydroxyl groups excluding tert-OH is 1. The highest BCUT2D eigenvalue weighted by Crippen LogP contribution is 2.28. The molecule has 1 saturated carbocycles. The van der Waals surface area contributed by atoms with Gasteiger partial charge in [-0.25, -0.2) is 9.67 Å². The van der Waals surface area contributed by atoms with E-state index in [0.717, 1.165) is 30.6 Å². The van der Waals surface area contributed by atoms with Gasteiger partial charge in [-0.05, 0) is 30.4 Å². The summed E-state index contributed by atoms with van der Waals surface area (Å²) in [4.78, 5) is 4.01. The van der Waals surface area contributed by atoms with Gasteiger partial charge in [0.15, 0.2) is 0 Å². The van der Waals surface area contributed by atoms with Crippen LogP contribution in [0.5, 0.6) is 0 Å². The fourth-order valence-electron chi connectivity index (χ4n) is 3.65. The minimum Gasteiger partial charge on any atom is -0.391 e. The average molecular weight is 373 g/mol. The van der Waals surface area contributed by atoms with Crippen molar-refractivity contribution in [2.75, 3.05) is 0 Å². The molecule has 0 spiro atoms. The molecule has 0 bridgehead atoms. The minimum atomic E-state index is -0.357. The smallest absolute Gasteiger partial charge is 0.138 e. The third-order valence-electron chi connectivity index (χ3n) is 4.89. The van der Waals surface area contributed by atoms with Crippen LogP contribution in [-0.4, -0.2) is 41.8 Å². The molecule has 2 aromatic heterocycles. The molecule has 0 amide bonds. The fraction of sp³-hybridized carbons (Fsp3) is 0.389.